The fourth-order valence-electron chi connectivity index (χ4n) is 3.54. The summed E-state index contributed by atoms with van der Waals surface area (Å²) in [5, 5.41) is 3.23. The summed E-state index contributed by atoms with van der Waals surface area (Å²) in [6.07, 6.45) is 1.50. The first-order valence-corrected chi connectivity index (χ1v) is 9.61. The quantitative estimate of drug-likeness (QED) is 0.511. The van der Waals surface area contributed by atoms with Crippen molar-refractivity contribution in [2.45, 2.75) is 0 Å². The van der Waals surface area contributed by atoms with E-state index in [0.717, 1.165) is 4.57 Å². The van der Waals surface area contributed by atoms with E-state index in [1.165, 1.54) is 10.8 Å². The van der Waals surface area contributed by atoms with Crippen LogP contribution in [0.3, 0.4) is 0 Å². The molecule has 31 heavy (non-hydrogen) atoms. The molecule has 0 spiro atoms. The Labute approximate surface area is 179 Å². The fraction of sp³-hybridized carbons (Fsp3) is 0.0952. The zero-order valence-corrected chi connectivity index (χ0v) is 16.9. The molecule has 0 atom stereocenters. The Morgan fingerprint density at radius 1 is 1.10 bits per heavy atom. The van der Waals surface area contributed by atoms with Gasteiger partial charge in [0.2, 0.25) is 6.79 Å². The predicted molar refractivity (Wildman–Crippen MR) is 115 cm³/mol. The minimum absolute atomic E-state index is 0.122. The second kappa shape index (κ2) is 7.06. The molecule has 1 aliphatic heterocycles. The molecule has 2 N–H and O–H groups in total. The lowest BCUT2D eigenvalue weighted by Crippen LogP contribution is -2.34. The van der Waals surface area contributed by atoms with Gasteiger partial charge in [0.25, 0.3) is 11.5 Å². The molecule has 4 aromatic rings. The molecule has 1 aliphatic rings. The van der Waals surface area contributed by atoms with E-state index in [1.54, 1.807) is 49.5 Å². The van der Waals surface area contributed by atoms with Crippen molar-refractivity contribution < 1.29 is 14.3 Å². The van der Waals surface area contributed by atoms with Gasteiger partial charge in [-0.1, -0.05) is 11.6 Å². The first-order valence-electron chi connectivity index (χ1n) is 9.23. The molecule has 0 saturated heterocycles. The number of fused-ring (bicyclic) bond motifs is 2. The van der Waals surface area contributed by atoms with Gasteiger partial charge in [-0.05, 0) is 36.4 Å². The first-order chi connectivity index (χ1) is 14.9. The van der Waals surface area contributed by atoms with Crippen LogP contribution >= 0.6 is 11.6 Å². The number of nitrogens with zero attached hydrogens (tertiary/aromatic N) is 2. The molecule has 5 rings (SSSR count). The maximum absolute atomic E-state index is 13.1. The summed E-state index contributed by atoms with van der Waals surface area (Å²) in [6, 6.07) is 11.3. The number of aromatic nitrogens is 3. The third-order valence-electron chi connectivity index (χ3n) is 4.98. The number of carbonyl (C=O) groups is 1. The molecule has 156 valence electrons. The molecule has 9 nitrogen and oxygen atoms in total. The Bertz CT molecular complexity index is 1470. The number of benzene rings is 2. The van der Waals surface area contributed by atoms with Crippen molar-refractivity contribution in [2.75, 3.05) is 12.1 Å². The van der Waals surface area contributed by atoms with Gasteiger partial charge < -0.3 is 24.3 Å². The summed E-state index contributed by atoms with van der Waals surface area (Å²) in [5.74, 6) is 0.633. The van der Waals surface area contributed by atoms with Gasteiger partial charge in [0, 0.05) is 30.0 Å². The minimum atomic E-state index is -0.664. The van der Waals surface area contributed by atoms with Crippen LogP contribution in [-0.2, 0) is 7.05 Å². The lowest BCUT2D eigenvalue weighted by atomic mass is 10.2. The van der Waals surface area contributed by atoms with E-state index in [-0.39, 0.29) is 23.4 Å². The van der Waals surface area contributed by atoms with Gasteiger partial charge in [-0.3, -0.25) is 9.59 Å². The van der Waals surface area contributed by atoms with Gasteiger partial charge in [0.1, 0.15) is 5.52 Å². The number of ether oxygens (including phenoxy) is 2. The lowest BCUT2D eigenvalue weighted by molar-refractivity contribution is 0.102. The van der Waals surface area contributed by atoms with Gasteiger partial charge in [-0.2, -0.15) is 0 Å². The normalized spacial score (nSPS) is 12.3. The molecular weight excluding hydrogens is 424 g/mol. The van der Waals surface area contributed by atoms with Crippen LogP contribution < -0.4 is 26.0 Å². The van der Waals surface area contributed by atoms with Crippen LogP contribution in [0.4, 0.5) is 5.69 Å². The van der Waals surface area contributed by atoms with E-state index in [4.69, 9.17) is 21.1 Å². The summed E-state index contributed by atoms with van der Waals surface area (Å²) < 4.78 is 13.1. The Kier molecular flexibility index (Phi) is 4.33. The topological polar surface area (TPSA) is 107 Å². The van der Waals surface area contributed by atoms with Crippen molar-refractivity contribution in [2.24, 2.45) is 7.05 Å². The monoisotopic (exact) mass is 438 g/mol. The highest BCUT2D eigenvalue weighted by atomic mass is 35.5. The number of halogens is 1. The molecule has 1 amide bonds. The lowest BCUT2D eigenvalue weighted by Gasteiger charge is -2.07. The summed E-state index contributed by atoms with van der Waals surface area (Å²) in [5.41, 5.74) is 0.140. The number of amides is 1. The van der Waals surface area contributed by atoms with Crippen LogP contribution in [0.5, 0.6) is 11.5 Å². The van der Waals surface area contributed by atoms with E-state index < -0.39 is 17.2 Å². The summed E-state index contributed by atoms with van der Waals surface area (Å²) in [7, 11) is 1.63. The number of nitrogens with one attached hydrogen (secondary N) is 2. The number of hydrogen-bond donors (Lipinski definition) is 2. The van der Waals surface area contributed by atoms with E-state index in [1.807, 2.05) is 0 Å². The molecule has 0 aliphatic carbocycles. The van der Waals surface area contributed by atoms with Gasteiger partial charge >= 0.3 is 5.69 Å². The maximum atomic E-state index is 13.1. The van der Waals surface area contributed by atoms with Crippen molar-refractivity contribution in [3.05, 3.63) is 80.1 Å². The van der Waals surface area contributed by atoms with E-state index in [0.29, 0.717) is 27.9 Å². The number of aromatic amines is 1. The molecule has 0 fully saturated rings. The van der Waals surface area contributed by atoms with Crippen molar-refractivity contribution >= 4 is 34.2 Å². The summed E-state index contributed by atoms with van der Waals surface area (Å²) in [6.45, 7) is 0.122. The minimum Gasteiger partial charge on any atom is -0.454 e. The zero-order chi connectivity index (χ0) is 21.7. The molecule has 10 heteroatoms. The third kappa shape index (κ3) is 3.15. The molecule has 2 aromatic heterocycles. The second-order valence-electron chi connectivity index (χ2n) is 6.95. The van der Waals surface area contributed by atoms with Gasteiger partial charge in [-0.25, -0.2) is 9.36 Å². The van der Waals surface area contributed by atoms with E-state index in [2.05, 4.69) is 10.3 Å². The fourth-order valence-corrected chi connectivity index (χ4v) is 3.67. The molecule has 2 aromatic carbocycles. The highest BCUT2D eigenvalue weighted by Gasteiger charge is 2.21. The van der Waals surface area contributed by atoms with Crippen LogP contribution in [0.1, 0.15) is 10.4 Å². The Morgan fingerprint density at radius 3 is 2.61 bits per heavy atom. The smallest absolute Gasteiger partial charge is 0.333 e. The van der Waals surface area contributed by atoms with Gasteiger partial charge in [0.15, 0.2) is 11.5 Å². The zero-order valence-electron chi connectivity index (χ0n) is 16.1. The number of carbonyl (C=O) groups excluding carboxylic acids is 1. The van der Waals surface area contributed by atoms with Crippen molar-refractivity contribution in [1.82, 2.24) is 14.1 Å². The SMILES string of the molecule is Cn1cc(C(=O)Nc2ccc3c(c2)OCO3)c2[nH]c(=O)n(-c3ccc(Cl)cc3)c(=O)c21. The molecule has 3 heterocycles. The average Bonchev–Trinajstić information content (AvgIpc) is 3.33. The maximum Gasteiger partial charge on any atom is 0.333 e. The summed E-state index contributed by atoms with van der Waals surface area (Å²) in [4.78, 5) is 41.4. The second-order valence-corrected chi connectivity index (χ2v) is 7.38. The number of anilines is 1. The summed E-state index contributed by atoms with van der Waals surface area (Å²) >= 11 is 5.90. The third-order valence-corrected chi connectivity index (χ3v) is 5.23. The Balaban J connectivity index is 1.57. The van der Waals surface area contributed by atoms with Crippen LogP contribution in [-0.4, -0.2) is 26.8 Å². The number of rotatable bonds is 3. The molecule has 0 unspecified atom stereocenters. The predicted octanol–water partition coefficient (Wildman–Crippen LogP) is 2.65. The van der Waals surface area contributed by atoms with Crippen LogP contribution in [0.15, 0.2) is 58.3 Å². The molecule has 0 saturated carbocycles. The highest BCUT2D eigenvalue weighted by Crippen LogP contribution is 2.34. The largest absolute Gasteiger partial charge is 0.454 e. The molecule has 0 radical (unpaired) electrons. The van der Waals surface area contributed by atoms with Crippen LogP contribution in [0, 0.1) is 0 Å². The highest BCUT2D eigenvalue weighted by molar-refractivity contribution is 6.30. The van der Waals surface area contributed by atoms with Crippen LogP contribution in [0.2, 0.25) is 5.02 Å². The van der Waals surface area contributed by atoms with Crippen LogP contribution in [0.25, 0.3) is 16.7 Å². The molecule has 0 bridgehead atoms. The van der Waals surface area contributed by atoms with Gasteiger partial charge in [0.05, 0.1) is 16.8 Å². The average molecular weight is 439 g/mol. The van der Waals surface area contributed by atoms with Crippen molar-refractivity contribution in [3.63, 3.8) is 0 Å². The number of hydrogen-bond acceptors (Lipinski definition) is 5. The standard InChI is InChI=1S/C21H15ClN4O5/c1-25-9-14(19(27)23-12-4-7-15-16(8-12)31-10-30-15)17-18(25)20(28)26(21(29)24-17)13-5-2-11(22)3-6-13/h2-9H,10H2,1H3,(H,23,27)(H,24,29). The number of H-pyrrole nitrogens is 1. The van der Waals surface area contributed by atoms with E-state index in [9.17, 15) is 14.4 Å². The van der Waals surface area contributed by atoms with Crippen molar-refractivity contribution in [1.29, 1.82) is 0 Å². The van der Waals surface area contributed by atoms with E-state index >= 15 is 0 Å². The number of aryl methyl sites for hydroxylation is 1. The molecular formula is C21H15ClN4O5. The van der Waals surface area contributed by atoms with Crippen molar-refractivity contribution in [3.8, 4) is 17.2 Å². The first kappa shape index (κ1) is 19.0. The Hall–Kier alpha value is -3.98. The van der Waals surface area contributed by atoms with Gasteiger partial charge in [-0.15, -0.1) is 0 Å². The Morgan fingerprint density at radius 2 is 1.84 bits per heavy atom.